The molecule has 0 saturated carbocycles. The zero-order valence-corrected chi connectivity index (χ0v) is 11.0. The minimum Gasteiger partial charge on any atom is -0.261 e. The van der Waals surface area contributed by atoms with Gasteiger partial charge in [0.15, 0.2) is 0 Å². The van der Waals surface area contributed by atoms with Gasteiger partial charge in [0, 0.05) is 23.5 Å². The van der Waals surface area contributed by atoms with Crippen molar-refractivity contribution in [3.8, 4) is 11.1 Å². The smallest absolute Gasteiger partial charge is 0.129 e. The predicted molar refractivity (Wildman–Crippen MR) is 71.2 cm³/mol. The van der Waals surface area contributed by atoms with Crippen LogP contribution in [0.4, 0.5) is 0 Å². The second-order valence-electron chi connectivity index (χ2n) is 5.05. The van der Waals surface area contributed by atoms with Gasteiger partial charge < -0.3 is 0 Å². The van der Waals surface area contributed by atoms with E-state index in [9.17, 15) is 0 Å². The highest BCUT2D eigenvalue weighted by atomic mass is 35.5. The molecule has 2 aromatic heterocycles. The van der Waals surface area contributed by atoms with Gasteiger partial charge in [0.2, 0.25) is 0 Å². The number of hydrogen-bond donors (Lipinski definition) is 0. The van der Waals surface area contributed by atoms with Crippen molar-refractivity contribution in [3.63, 3.8) is 0 Å². The number of nitrogens with zero attached hydrogens (tertiary/aromatic N) is 2. The fourth-order valence-corrected chi connectivity index (χ4v) is 1.78. The summed E-state index contributed by atoms with van der Waals surface area (Å²) in [6.45, 7) is 6.45. The third-order valence-electron chi connectivity index (χ3n) is 2.59. The average molecular weight is 247 g/mol. The molecular weight excluding hydrogens is 232 g/mol. The molecule has 0 unspecified atom stereocenters. The summed E-state index contributed by atoms with van der Waals surface area (Å²) in [5, 5.41) is 0.511. The zero-order valence-electron chi connectivity index (χ0n) is 10.2. The fraction of sp³-hybridized carbons (Fsp3) is 0.286. The van der Waals surface area contributed by atoms with Crippen molar-refractivity contribution >= 4 is 11.6 Å². The lowest BCUT2D eigenvalue weighted by atomic mass is 9.90. The van der Waals surface area contributed by atoms with Crippen molar-refractivity contribution in [2.75, 3.05) is 0 Å². The van der Waals surface area contributed by atoms with Crippen LogP contribution >= 0.6 is 11.6 Å². The molecule has 0 aliphatic carbocycles. The molecule has 0 aliphatic rings. The lowest BCUT2D eigenvalue weighted by Crippen LogP contribution is -2.13. The van der Waals surface area contributed by atoms with Crippen molar-refractivity contribution in [1.82, 2.24) is 9.97 Å². The highest BCUT2D eigenvalue weighted by Crippen LogP contribution is 2.26. The predicted octanol–water partition coefficient (Wildman–Crippen LogP) is 4.09. The molecule has 0 radical (unpaired) electrons. The summed E-state index contributed by atoms with van der Waals surface area (Å²) in [6.07, 6.45) is 3.55. The number of aromatic nitrogens is 2. The third-order valence-corrected chi connectivity index (χ3v) is 2.79. The minimum atomic E-state index is 0.0484. The van der Waals surface area contributed by atoms with Gasteiger partial charge in [-0.05, 0) is 35.4 Å². The van der Waals surface area contributed by atoms with Gasteiger partial charge in [0.1, 0.15) is 5.15 Å². The average Bonchev–Trinajstić information content (AvgIpc) is 2.28. The molecule has 0 N–H and O–H groups in total. The van der Waals surface area contributed by atoms with Gasteiger partial charge in [-0.25, -0.2) is 4.98 Å². The molecule has 0 amide bonds. The van der Waals surface area contributed by atoms with Gasteiger partial charge in [-0.1, -0.05) is 32.4 Å². The third kappa shape index (κ3) is 2.83. The van der Waals surface area contributed by atoms with Crippen LogP contribution in [-0.4, -0.2) is 9.97 Å². The molecule has 88 valence electrons. The van der Waals surface area contributed by atoms with E-state index < -0.39 is 0 Å². The summed E-state index contributed by atoms with van der Waals surface area (Å²) in [4.78, 5) is 8.40. The molecule has 0 bridgehead atoms. The summed E-state index contributed by atoms with van der Waals surface area (Å²) in [6, 6.07) is 7.91. The molecule has 2 heterocycles. The Hall–Kier alpha value is -1.41. The molecule has 17 heavy (non-hydrogen) atoms. The summed E-state index contributed by atoms with van der Waals surface area (Å²) in [5.74, 6) is 0. The molecule has 0 spiro atoms. The fourth-order valence-electron chi connectivity index (χ4n) is 1.60. The summed E-state index contributed by atoms with van der Waals surface area (Å²) in [7, 11) is 0. The quantitative estimate of drug-likeness (QED) is 0.708. The second-order valence-corrected chi connectivity index (χ2v) is 5.43. The van der Waals surface area contributed by atoms with Crippen molar-refractivity contribution in [2.24, 2.45) is 0 Å². The molecule has 2 nitrogen and oxygen atoms in total. The first kappa shape index (κ1) is 12.1. The first-order valence-electron chi connectivity index (χ1n) is 5.55. The van der Waals surface area contributed by atoms with Crippen molar-refractivity contribution in [3.05, 3.63) is 47.5 Å². The zero-order chi connectivity index (χ0) is 12.5. The first-order valence-corrected chi connectivity index (χ1v) is 5.93. The molecular formula is C14H15ClN2. The Labute approximate surface area is 107 Å². The maximum absolute atomic E-state index is 5.90. The van der Waals surface area contributed by atoms with E-state index in [1.54, 1.807) is 6.20 Å². The van der Waals surface area contributed by atoms with Gasteiger partial charge in [-0.3, -0.25) is 4.98 Å². The van der Waals surface area contributed by atoms with Crippen molar-refractivity contribution < 1.29 is 0 Å². The van der Waals surface area contributed by atoms with E-state index in [0.717, 1.165) is 16.8 Å². The van der Waals surface area contributed by atoms with E-state index >= 15 is 0 Å². The Bertz CT molecular complexity index is 530. The Balaban J connectivity index is 2.47. The number of halogens is 1. The van der Waals surface area contributed by atoms with Crippen LogP contribution < -0.4 is 0 Å². The van der Waals surface area contributed by atoms with E-state index in [-0.39, 0.29) is 5.41 Å². The van der Waals surface area contributed by atoms with Crippen LogP contribution in [0.3, 0.4) is 0 Å². The van der Waals surface area contributed by atoms with Crippen LogP contribution in [-0.2, 0) is 5.41 Å². The SMILES string of the molecule is CC(C)(C)c1cc(-c2ccnc(Cl)c2)ccn1. The molecule has 2 aromatic rings. The molecule has 0 fully saturated rings. The van der Waals surface area contributed by atoms with Gasteiger partial charge in [0.05, 0.1) is 0 Å². The van der Waals surface area contributed by atoms with Crippen LogP contribution in [0, 0.1) is 0 Å². The van der Waals surface area contributed by atoms with Crippen LogP contribution in [0.5, 0.6) is 0 Å². The summed E-state index contributed by atoms with van der Waals surface area (Å²) in [5.41, 5.74) is 3.31. The van der Waals surface area contributed by atoms with Crippen molar-refractivity contribution in [2.45, 2.75) is 26.2 Å². The Morgan fingerprint density at radius 1 is 0.941 bits per heavy atom. The topological polar surface area (TPSA) is 25.8 Å². The molecule has 2 rings (SSSR count). The van der Waals surface area contributed by atoms with E-state index in [4.69, 9.17) is 11.6 Å². The first-order chi connectivity index (χ1) is 7.97. The second kappa shape index (κ2) is 4.46. The summed E-state index contributed by atoms with van der Waals surface area (Å²) < 4.78 is 0. The summed E-state index contributed by atoms with van der Waals surface area (Å²) >= 11 is 5.90. The molecule has 0 aromatic carbocycles. The molecule has 0 saturated heterocycles. The van der Waals surface area contributed by atoms with E-state index in [1.165, 1.54) is 0 Å². The maximum Gasteiger partial charge on any atom is 0.129 e. The largest absolute Gasteiger partial charge is 0.261 e. The van der Waals surface area contributed by atoms with Crippen LogP contribution in [0.2, 0.25) is 5.15 Å². The normalized spacial score (nSPS) is 11.5. The van der Waals surface area contributed by atoms with Gasteiger partial charge in [-0.15, -0.1) is 0 Å². The van der Waals surface area contributed by atoms with Crippen LogP contribution in [0.1, 0.15) is 26.5 Å². The van der Waals surface area contributed by atoms with Gasteiger partial charge in [-0.2, -0.15) is 0 Å². The number of hydrogen-bond acceptors (Lipinski definition) is 2. The van der Waals surface area contributed by atoms with E-state index in [1.807, 2.05) is 24.4 Å². The highest BCUT2D eigenvalue weighted by Gasteiger charge is 2.15. The molecule has 3 heteroatoms. The maximum atomic E-state index is 5.90. The standard InChI is InChI=1S/C14H15ClN2/c1-14(2,3)12-8-10(4-6-16-12)11-5-7-17-13(15)9-11/h4-9H,1-3H3. The van der Waals surface area contributed by atoms with Crippen LogP contribution in [0.15, 0.2) is 36.7 Å². The van der Waals surface area contributed by atoms with Gasteiger partial charge >= 0.3 is 0 Å². The van der Waals surface area contributed by atoms with E-state index in [0.29, 0.717) is 5.15 Å². The Morgan fingerprint density at radius 3 is 2.12 bits per heavy atom. The van der Waals surface area contributed by atoms with Crippen molar-refractivity contribution in [1.29, 1.82) is 0 Å². The number of pyridine rings is 2. The monoisotopic (exact) mass is 246 g/mol. The lowest BCUT2D eigenvalue weighted by molar-refractivity contribution is 0.569. The Kier molecular flexibility index (Phi) is 3.16. The Morgan fingerprint density at radius 2 is 1.53 bits per heavy atom. The van der Waals surface area contributed by atoms with Gasteiger partial charge in [0.25, 0.3) is 0 Å². The molecule has 0 aliphatic heterocycles. The number of rotatable bonds is 1. The van der Waals surface area contributed by atoms with E-state index in [2.05, 4.69) is 36.8 Å². The van der Waals surface area contributed by atoms with Crippen LogP contribution in [0.25, 0.3) is 11.1 Å². The lowest BCUT2D eigenvalue weighted by Gasteiger charge is -2.18. The highest BCUT2D eigenvalue weighted by molar-refractivity contribution is 6.29. The molecule has 0 atom stereocenters. The minimum absolute atomic E-state index is 0.0484.